The molecule has 11 nitrogen and oxygen atoms in total. The lowest BCUT2D eigenvalue weighted by Gasteiger charge is -2.45. The van der Waals surface area contributed by atoms with Gasteiger partial charge < -0.3 is 34.6 Å². The normalized spacial score (nSPS) is 29.5. The Morgan fingerprint density at radius 3 is 2.36 bits per heavy atom. The van der Waals surface area contributed by atoms with E-state index in [1.54, 1.807) is 0 Å². The van der Waals surface area contributed by atoms with Crippen LogP contribution in [0.2, 0.25) is 5.02 Å². The molecule has 17 heteroatoms. The number of aliphatic hydroxyl groups excluding tert-OH is 3. The molecule has 2 aromatic carbocycles. The van der Waals surface area contributed by atoms with Crippen LogP contribution in [0.5, 0.6) is 5.75 Å². The maximum atomic E-state index is 17.1. The molecule has 0 aliphatic carbocycles. The zero-order valence-electron chi connectivity index (χ0n) is 19.6. The summed E-state index contributed by atoms with van der Waals surface area (Å²) in [6.07, 6.45) is -15.5. The fraction of sp³-hybridized carbons (Fsp3) is 0.409. The molecule has 5 N–H and O–H groups in total. The summed E-state index contributed by atoms with van der Waals surface area (Å²) < 4.78 is 84.7. The van der Waals surface area contributed by atoms with Crippen LogP contribution in [0, 0.1) is 0 Å². The predicted molar refractivity (Wildman–Crippen MR) is 123 cm³/mol. The smallest absolute Gasteiger partial charge is 0.470 e. The van der Waals surface area contributed by atoms with E-state index in [0.717, 1.165) is 13.2 Å². The second-order valence-corrected chi connectivity index (χ2v) is 10.3. The van der Waals surface area contributed by atoms with Gasteiger partial charge in [0.2, 0.25) is 5.67 Å². The van der Waals surface area contributed by atoms with Crippen molar-refractivity contribution in [3.05, 3.63) is 58.1 Å². The summed E-state index contributed by atoms with van der Waals surface area (Å²) in [5.74, 6) is -1.85. The number of phosphoric ester groups is 1. The van der Waals surface area contributed by atoms with Crippen LogP contribution < -0.4 is 9.64 Å². The van der Waals surface area contributed by atoms with Crippen molar-refractivity contribution in [1.82, 2.24) is 0 Å². The summed E-state index contributed by atoms with van der Waals surface area (Å²) >= 11 is 6.01. The molecule has 1 saturated heterocycles. The molecule has 0 radical (unpaired) electrons. The molecular weight excluding hydrogens is 581 g/mol. The summed E-state index contributed by atoms with van der Waals surface area (Å²) in [6.45, 7) is -1.02. The minimum absolute atomic E-state index is 0.0712. The number of carbonyl (C=O) groups is 1. The summed E-state index contributed by atoms with van der Waals surface area (Å²) in [7, 11) is -4.38. The van der Waals surface area contributed by atoms with Crippen LogP contribution in [0.15, 0.2) is 36.4 Å². The largest absolute Gasteiger partial charge is 0.496 e. The Bertz CT molecular complexity index is 1330. The van der Waals surface area contributed by atoms with Gasteiger partial charge in [-0.1, -0.05) is 17.7 Å². The average molecular weight is 602 g/mol. The van der Waals surface area contributed by atoms with E-state index >= 15 is 4.39 Å². The molecule has 1 unspecified atom stereocenters. The average Bonchev–Trinajstić information content (AvgIpc) is 3.08. The number of hydrogen-bond donors (Lipinski definition) is 5. The minimum atomic E-state index is -5.52. The molecule has 6 atom stereocenters. The Labute approximate surface area is 222 Å². The number of rotatable bonds is 6. The van der Waals surface area contributed by atoms with Gasteiger partial charge in [-0.2, -0.15) is 13.2 Å². The second kappa shape index (κ2) is 10.3. The first kappa shape index (κ1) is 29.6. The van der Waals surface area contributed by atoms with Gasteiger partial charge in [0, 0.05) is 16.1 Å². The van der Waals surface area contributed by atoms with Crippen molar-refractivity contribution < 1.29 is 66.0 Å². The monoisotopic (exact) mass is 601 g/mol. The molecular formula is C22H21ClF4NO10P. The fourth-order valence-corrected chi connectivity index (χ4v) is 5.32. The number of benzene rings is 2. The van der Waals surface area contributed by atoms with Crippen molar-refractivity contribution >= 4 is 31.0 Å². The van der Waals surface area contributed by atoms with Crippen LogP contribution in [-0.4, -0.2) is 75.4 Å². The van der Waals surface area contributed by atoms with Crippen LogP contribution in [0.4, 0.5) is 23.2 Å². The maximum absolute atomic E-state index is 17.1. The van der Waals surface area contributed by atoms with Gasteiger partial charge in [-0.3, -0.25) is 14.2 Å². The lowest BCUT2D eigenvalue weighted by molar-refractivity contribution is -0.225. The number of phosphoric acid groups is 1. The number of halogens is 5. The number of anilines is 1. The Balaban J connectivity index is 1.99. The molecule has 1 amide bonds. The third-order valence-electron chi connectivity index (χ3n) is 6.36. The highest BCUT2D eigenvalue weighted by atomic mass is 35.5. The number of carbonyl (C=O) groups excluding carboxylic acids is 1. The van der Waals surface area contributed by atoms with Crippen LogP contribution in [0.3, 0.4) is 0 Å². The highest BCUT2D eigenvalue weighted by Crippen LogP contribution is 2.54. The van der Waals surface area contributed by atoms with E-state index < -0.39 is 85.2 Å². The molecule has 0 bridgehead atoms. The lowest BCUT2D eigenvalue weighted by Crippen LogP contribution is -2.65. The van der Waals surface area contributed by atoms with Gasteiger partial charge in [0.25, 0.3) is 5.91 Å². The number of methoxy groups -OCH3 is 1. The summed E-state index contributed by atoms with van der Waals surface area (Å²) in [4.78, 5) is 32.9. The molecule has 0 saturated carbocycles. The number of alkyl halides is 4. The van der Waals surface area contributed by atoms with Gasteiger partial charge in [-0.15, -0.1) is 0 Å². The SMILES string of the molecule is COc1ccc(Cl)cc1[C@@]1(F)C(=O)N([C@H]2O[C@H](CO)[C@@H](O)[C@H](O)C2OP(=O)(O)O)c2cc(C(F)(F)F)ccc21. The van der Waals surface area contributed by atoms with Crippen molar-refractivity contribution in [2.75, 3.05) is 18.6 Å². The lowest BCUT2D eigenvalue weighted by atomic mass is 9.88. The van der Waals surface area contributed by atoms with E-state index in [4.69, 9.17) is 21.1 Å². The number of aliphatic hydroxyl groups is 3. The number of ether oxygens (including phenoxy) is 2. The van der Waals surface area contributed by atoms with E-state index in [0.29, 0.717) is 18.2 Å². The molecule has 1 fully saturated rings. The molecule has 2 aliphatic rings. The number of amides is 1. The third-order valence-corrected chi connectivity index (χ3v) is 7.11. The van der Waals surface area contributed by atoms with Crippen molar-refractivity contribution in [3.8, 4) is 5.75 Å². The first-order valence-corrected chi connectivity index (χ1v) is 12.9. The van der Waals surface area contributed by atoms with E-state index in [-0.39, 0.29) is 15.7 Å². The van der Waals surface area contributed by atoms with Crippen molar-refractivity contribution in [2.24, 2.45) is 0 Å². The first-order chi connectivity index (χ1) is 18.0. The number of nitrogens with zero attached hydrogens (tertiary/aromatic N) is 1. The second-order valence-electron chi connectivity index (χ2n) is 8.70. The Hall–Kier alpha value is -2.33. The van der Waals surface area contributed by atoms with Crippen molar-refractivity contribution in [2.45, 2.75) is 42.5 Å². The summed E-state index contributed by atoms with van der Waals surface area (Å²) in [6, 6.07) is 5.11. The molecule has 0 aromatic heterocycles. The predicted octanol–water partition coefficient (Wildman–Crippen LogP) is 1.84. The maximum Gasteiger partial charge on any atom is 0.470 e. The van der Waals surface area contributed by atoms with Crippen LogP contribution in [0.1, 0.15) is 16.7 Å². The van der Waals surface area contributed by atoms with Crippen LogP contribution >= 0.6 is 19.4 Å². The van der Waals surface area contributed by atoms with Gasteiger partial charge in [0.1, 0.15) is 30.2 Å². The Morgan fingerprint density at radius 1 is 1.13 bits per heavy atom. The number of hydrogen-bond acceptors (Lipinski definition) is 8. The van der Waals surface area contributed by atoms with E-state index in [9.17, 15) is 47.6 Å². The summed E-state index contributed by atoms with van der Waals surface area (Å²) in [5.41, 5.74) is -6.55. The Morgan fingerprint density at radius 2 is 1.79 bits per heavy atom. The topological polar surface area (TPSA) is 166 Å². The molecule has 2 aliphatic heterocycles. The van der Waals surface area contributed by atoms with Gasteiger partial charge in [0.15, 0.2) is 6.23 Å². The molecule has 2 aromatic rings. The van der Waals surface area contributed by atoms with Gasteiger partial charge >= 0.3 is 14.0 Å². The molecule has 214 valence electrons. The summed E-state index contributed by atoms with van der Waals surface area (Å²) in [5, 5.41) is 30.3. The molecule has 39 heavy (non-hydrogen) atoms. The van der Waals surface area contributed by atoms with Crippen LogP contribution in [0.25, 0.3) is 0 Å². The first-order valence-electron chi connectivity index (χ1n) is 11.0. The van der Waals surface area contributed by atoms with E-state index in [2.05, 4.69) is 4.52 Å². The van der Waals surface area contributed by atoms with Crippen LogP contribution in [-0.2, 0) is 30.5 Å². The molecule has 4 rings (SSSR count). The van der Waals surface area contributed by atoms with Crippen molar-refractivity contribution in [3.63, 3.8) is 0 Å². The van der Waals surface area contributed by atoms with Crippen molar-refractivity contribution in [1.29, 1.82) is 0 Å². The molecule has 2 heterocycles. The zero-order chi connectivity index (χ0) is 29.1. The van der Waals surface area contributed by atoms with Gasteiger partial charge in [-0.05, 0) is 30.3 Å². The van der Waals surface area contributed by atoms with E-state index in [1.165, 1.54) is 12.1 Å². The standard InChI is InChI=1S/C22H21ClF4NO10P/c1-36-14-5-3-10(23)7-12(14)21(24)11-4-2-9(22(25,26)27)6-13(11)28(20(21)32)19-18(38-39(33,34)35)17(31)16(30)15(8-29)37-19/h2-7,15-19,29-31H,8H2,1H3,(H2,33,34,35)/t15-,16-,17+,18?,19+,21-/m1/s1. The van der Waals surface area contributed by atoms with Gasteiger partial charge in [0.05, 0.1) is 25.0 Å². The molecule has 0 spiro atoms. The van der Waals surface area contributed by atoms with Gasteiger partial charge in [-0.25, -0.2) is 8.96 Å². The third kappa shape index (κ3) is 5.14. The fourth-order valence-electron chi connectivity index (χ4n) is 4.60. The quantitative estimate of drug-likeness (QED) is 0.244. The van der Waals surface area contributed by atoms with E-state index in [1.807, 2.05) is 0 Å². The number of fused-ring (bicyclic) bond motifs is 1. The Kier molecular flexibility index (Phi) is 7.79. The highest BCUT2D eigenvalue weighted by Gasteiger charge is 2.61. The minimum Gasteiger partial charge on any atom is -0.496 e. The highest BCUT2D eigenvalue weighted by molar-refractivity contribution is 7.46. The zero-order valence-corrected chi connectivity index (χ0v) is 21.3.